The van der Waals surface area contributed by atoms with Gasteiger partial charge in [0.1, 0.15) is 5.56 Å². The summed E-state index contributed by atoms with van der Waals surface area (Å²) in [4.78, 5) is 30.9. The van der Waals surface area contributed by atoms with E-state index in [1.807, 2.05) is 0 Å². The van der Waals surface area contributed by atoms with Crippen molar-refractivity contribution in [3.63, 3.8) is 0 Å². The van der Waals surface area contributed by atoms with Gasteiger partial charge in [0.05, 0.1) is 9.85 Å². The van der Waals surface area contributed by atoms with Gasteiger partial charge in [-0.05, 0) is 10.8 Å². The highest BCUT2D eigenvalue weighted by Gasteiger charge is 2.30. The third kappa shape index (κ3) is 1.67. The van der Waals surface area contributed by atoms with E-state index < -0.39 is 21.2 Å². The zero-order chi connectivity index (χ0) is 13.3. The average molecular weight is 246 g/mol. The maximum absolute atomic E-state index is 11.0. The van der Waals surface area contributed by atoms with Gasteiger partial charge < -0.3 is 0 Å². The fourth-order valence-corrected chi connectivity index (χ4v) is 1.80. The molecule has 0 saturated carbocycles. The zero-order valence-corrected chi connectivity index (χ0v) is 8.90. The molecule has 0 fully saturated rings. The van der Waals surface area contributed by atoms with Gasteiger partial charge >= 0.3 is 11.4 Å². The van der Waals surface area contributed by atoms with Crippen molar-refractivity contribution in [1.82, 2.24) is 0 Å². The minimum atomic E-state index is -0.908. The van der Waals surface area contributed by atoms with E-state index in [-0.39, 0.29) is 11.8 Å². The van der Waals surface area contributed by atoms with E-state index in [0.29, 0.717) is 10.8 Å². The standard InChI is InChI=1S/C11H6N2O5/c14-6-9-8-4-2-1-3-7(8)5-10(12(15)16)11(9)13(17)18/h1-6H. The van der Waals surface area contributed by atoms with Crippen LogP contribution in [0.15, 0.2) is 30.3 Å². The molecule has 0 atom stereocenters. The van der Waals surface area contributed by atoms with Crippen LogP contribution >= 0.6 is 0 Å². The lowest BCUT2D eigenvalue weighted by Crippen LogP contribution is -2.01. The summed E-state index contributed by atoms with van der Waals surface area (Å²) in [5, 5.41) is 22.5. The Bertz CT molecular complexity index is 680. The maximum atomic E-state index is 11.0. The van der Waals surface area contributed by atoms with Crippen LogP contribution in [0.4, 0.5) is 11.4 Å². The maximum Gasteiger partial charge on any atom is 0.357 e. The lowest BCUT2D eigenvalue weighted by Gasteiger charge is -2.03. The van der Waals surface area contributed by atoms with Crippen LogP contribution in [0.1, 0.15) is 10.4 Å². The number of aldehydes is 1. The van der Waals surface area contributed by atoms with E-state index in [1.54, 1.807) is 18.2 Å². The molecule has 7 heteroatoms. The number of nitro benzene ring substituents is 2. The van der Waals surface area contributed by atoms with Crippen molar-refractivity contribution in [2.75, 3.05) is 0 Å². The highest BCUT2D eigenvalue weighted by atomic mass is 16.6. The van der Waals surface area contributed by atoms with Crippen LogP contribution in [0.25, 0.3) is 10.8 Å². The smallest absolute Gasteiger partial charge is 0.298 e. The van der Waals surface area contributed by atoms with Crippen molar-refractivity contribution < 1.29 is 14.6 Å². The molecule has 0 aliphatic rings. The van der Waals surface area contributed by atoms with E-state index in [9.17, 15) is 25.0 Å². The summed E-state index contributed by atoms with van der Waals surface area (Å²) in [5.41, 5.74) is -1.72. The van der Waals surface area contributed by atoms with Gasteiger partial charge in [-0.15, -0.1) is 0 Å². The van der Waals surface area contributed by atoms with Crippen LogP contribution in [-0.4, -0.2) is 16.1 Å². The second-order valence-electron chi connectivity index (χ2n) is 3.51. The number of nitrogens with zero attached hydrogens (tertiary/aromatic N) is 2. The molecule has 0 radical (unpaired) electrons. The SMILES string of the molecule is O=Cc1c([N+](=O)[O-])c([N+](=O)[O-])cc2ccccc12. The normalized spacial score (nSPS) is 10.2. The van der Waals surface area contributed by atoms with Crippen LogP contribution < -0.4 is 0 Å². The molecule has 2 aromatic rings. The minimum absolute atomic E-state index is 0.271. The number of fused-ring (bicyclic) bond motifs is 1. The summed E-state index contributed by atoms with van der Waals surface area (Å²) in [6.45, 7) is 0. The van der Waals surface area contributed by atoms with Gasteiger partial charge in [-0.3, -0.25) is 25.0 Å². The molecular weight excluding hydrogens is 240 g/mol. The highest BCUT2D eigenvalue weighted by Crippen LogP contribution is 2.35. The van der Waals surface area contributed by atoms with Gasteiger partial charge in [-0.1, -0.05) is 24.3 Å². The fourth-order valence-electron chi connectivity index (χ4n) is 1.80. The molecule has 0 bridgehead atoms. The Kier molecular flexibility index (Phi) is 2.72. The van der Waals surface area contributed by atoms with Crippen LogP contribution in [0.3, 0.4) is 0 Å². The van der Waals surface area contributed by atoms with Gasteiger partial charge in [-0.25, -0.2) is 0 Å². The Hall–Kier alpha value is -2.83. The lowest BCUT2D eigenvalue weighted by atomic mass is 10.0. The summed E-state index contributed by atoms with van der Waals surface area (Å²) in [6.07, 6.45) is 0.271. The predicted octanol–water partition coefficient (Wildman–Crippen LogP) is 2.47. The molecule has 0 aliphatic heterocycles. The summed E-state index contributed by atoms with van der Waals surface area (Å²) >= 11 is 0. The number of carbonyl (C=O) groups excluding carboxylic acids is 1. The molecule has 90 valence electrons. The van der Waals surface area contributed by atoms with Crippen molar-refractivity contribution in [2.24, 2.45) is 0 Å². The average Bonchev–Trinajstić information content (AvgIpc) is 2.35. The zero-order valence-electron chi connectivity index (χ0n) is 8.90. The molecule has 0 saturated heterocycles. The topological polar surface area (TPSA) is 103 Å². The molecule has 0 heterocycles. The Balaban J connectivity index is 3.00. The first-order valence-corrected chi connectivity index (χ1v) is 4.86. The van der Waals surface area contributed by atoms with Gasteiger partial charge in [-0.2, -0.15) is 0 Å². The third-order valence-electron chi connectivity index (χ3n) is 2.54. The first kappa shape index (κ1) is 11.6. The molecule has 0 unspecified atom stereocenters. The van der Waals surface area contributed by atoms with Crippen LogP contribution in [0.5, 0.6) is 0 Å². The summed E-state index contributed by atoms with van der Waals surface area (Å²) in [7, 11) is 0. The van der Waals surface area contributed by atoms with Crippen molar-refractivity contribution in [2.45, 2.75) is 0 Å². The Morgan fingerprint density at radius 2 is 1.72 bits per heavy atom. The molecule has 0 amide bonds. The second kappa shape index (κ2) is 4.21. The molecule has 0 aliphatic carbocycles. The van der Waals surface area contributed by atoms with Crippen molar-refractivity contribution in [3.8, 4) is 0 Å². The van der Waals surface area contributed by atoms with E-state index >= 15 is 0 Å². The van der Waals surface area contributed by atoms with E-state index in [0.717, 1.165) is 6.07 Å². The van der Waals surface area contributed by atoms with E-state index in [2.05, 4.69) is 0 Å². The summed E-state index contributed by atoms with van der Waals surface area (Å²) in [5.74, 6) is 0. The molecule has 0 aromatic heterocycles. The number of hydrogen-bond donors (Lipinski definition) is 0. The minimum Gasteiger partial charge on any atom is -0.298 e. The van der Waals surface area contributed by atoms with Gasteiger partial charge in [0.15, 0.2) is 6.29 Å². The Labute approximate surface area is 99.9 Å². The number of hydrogen-bond acceptors (Lipinski definition) is 5. The van der Waals surface area contributed by atoms with Crippen molar-refractivity contribution in [1.29, 1.82) is 0 Å². The molecular formula is C11H6N2O5. The molecule has 0 spiro atoms. The van der Waals surface area contributed by atoms with Crippen LogP contribution in [0, 0.1) is 20.2 Å². The first-order chi connectivity index (χ1) is 8.56. The van der Waals surface area contributed by atoms with Gasteiger partial charge in [0, 0.05) is 6.07 Å². The second-order valence-corrected chi connectivity index (χ2v) is 3.51. The van der Waals surface area contributed by atoms with Crippen molar-refractivity contribution in [3.05, 3.63) is 56.1 Å². The monoisotopic (exact) mass is 246 g/mol. The van der Waals surface area contributed by atoms with Crippen molar-refractivity contribution >= 4 is 28.4 Å². The number of benzene rings is 2. The Morgan fingerprint density at radius 1 is 1.06 bits per heavy atom. The summed E-state index contributed by atoms with van der Waals surface area (Å²) < 4.78 is 0. The predicted molar refractivity (Wildman–Crippen MR) is 62.6 cm³/mol. The van der Waals surface area contributed by atoms with Crippen LogP contribution in [0.2, 0.25) is 0 Å². The molecule has 2 aromatic carbocycles. The quantitative estimate of drug-likeness (QED) is 0.470. The number of rotatable bonds is 3. The largest absolute Gasteiger partial charge is 0.357 e. The van der Waals surface area contributed by atoms with E-state index in [4.69, 9.17) is 0 Å². The molecule has 18 heavy (non-hydrogen) atoms. The lowest BCUT2D eigenvalue weighted by molar-refractivity contribution is -0.422. The van der Waals surface area contributed by atoms with Crippen LogP contribution in [-0.2, 0) is 0 Å². The summed E-state index contributed by atoms with van der Waals surface area (Å²) in [6, 6.07) is 7.40. The fraction of sp³-hybridized carbons (Fsp3) is 0. The highest BCUT2D eigenvalue weighted by molar-refractivity contribution is 6.04. The van der Waals surface area contributed by atoms with Gasteiger partial charge in [0.25, 0.3) is 0 Å². The Morgan fingerprint density at radius 3 is 2.28 bits per heavy atom. The number of nitro groups is 2. The molecule has 2 rings (SSSR count). The third-order valence-corrected chi connectivity index (χ3v) is 2.54. The first-order valence-electron chi connectivity index (χ1n) is 4.86. The number of carbonyl (C=O) groups is 1. The van der Waals surface area contributed by atoms with E-state index in [1.165, 1.54) is 6.07 Å². The van der Waals surface area contributed by atoms with Gasteiger partial charge in [0.2, 0.25) is 0 Å². The molecule has 7 nitrogen and oxygen atoms in total. The molecule has 0 N–H and O–H groups in total.